The van der Waals surface area contributed by atoms with Gasteiger partial charge < -0.3 is 20.9 Å². The van der Waals surface area contributed by atoms with Crippen LogP contribution in [0.5, 0.6) is 0 Å². The lowest BCUT2D eigenvalue weighted by Crippen LogP contribution is -2.32. The molecule has 150 valence electrons. The van der Waals surface area contributed by atoms with E-state index in [9.17, 15) is 9.59 Å². The van der Waals surface area contributed by atoms with Gasteiger partial charge in [0, 0.05) is 53.2 Å². The SMILES string of the molecule is Cc1[nH]c(C=C2C(=O)Nc3ccc(Br)cc32)c(C)c1C(=O)NCCNCCC#N. The Hall–Kier alpha value is -2.89. The van der Waals surface area contributed by atoms with Crippen LogP contribution >= 0.6 is 15.9 Å². The van der Waals surface area contributed by atoms with Crippen LogP contribution in [0.1, 0.15) is 39.3 Å². The molecular weight excluding hydrogens is 434 g/mol. The number of rotatable bonds is 7. The highest BCUT2D eigenvalue weighted by molar-refractivity contribution is 9.10. The normalized spacial score (nSPS) is 13.9. The molecule has 0 bridgehead atoms. The van der Waals surface area contributed by atoms with E-state index in [4.69, 9.17) is 5.26 Å². The molecule has 8 heteroatoms. The second-order valence-corrected chi connectivity index (χ2v) is 7.70. The zero-order valence-corrected chi connectivity index (χ0v) is 17.9. The third-order valence-electron chi connectivity index (χ3n) is 4.76. The molecule has 1 aromatic heterocycles. The number of nitrogens with zero attached hydrogens (tertiary/aromatic N) is 1. The Morgan fingerprint density at radius 1 is 1.28 bits per heavy atom. The van der Waals surface area contributed by atoms with Crippen LogP contribution in [0.25, 0.3) is 11.6 Å². The van der Waals surface area contributed by atoms with Gasteiger partial charge in [-0.25, -0.2) is 0 Å². The minimum Gasteiger partial charge on any atom is -0.358 e. The van der Waals surface area contributed by atoms with Crippen LogP contribution in [0.15, 0.2) is 22.7 Å². The molecule has 0 fully saturated rings. The van der Waals surface area contributed by atoms with Gasteiger partial charge in [-0.2, -0.15) is 5.26 Å². The van der Waals surface area contributed by atoms with Crippen LogP contribution in [0, 0.1) is 25.2 Å². The predicted octanol–water partition coefficient (Wildman–Crippen LogP) is 3.12. The van der Waals surface area contributed by atoms with Crippen molar-refractivity contribution in [3.63, 3.8) is 0 Å². The Balaban J connectivity index is 1.78. The molecule has 0 radical (unpaired) electrons. The molecule has 1 aliphatic rings. The summed E-state index contributed by atoms with van der Waals surface area (Å²) in [5.41, 5.74) is 5.01. The maximum Gasteiger partial charge on any atom is 0.256 e. The standard InChI is InChI=1S/C21H22BrN5O2/c1-12-18(11-16-15-10-14(22)4-5-17(15)27-20(16)28)26-13(2)19(12)21(29)25-9-8-24-7-3-6-23/h4-5,10-11,24,26H,3,7-9H2,1-2H3,(H,25,29)(H,27,28). The molecule has 0 spiro atoms. The maximum absolute atomic E-state index is 12.6. The van der Waals surface area contributed by atoms with Crippen LogP contribution in [0.3, 0.4) is 0 Å². The Morgan fingerprint density at radius 2 is 2.07 bits per heavy atom. The van der Waals surface area contributed by atoms with E-state index in [1.807, 2.05) is 32.0 Å². The van der Waals surface area contributed by atoms with Crippen molar-refractivity contribution in [3.05, 3.63) is 50.8 Å². The maximum atomic E-state index is 12.6. The molecule has 1 aromatic carbocycles. The number of aryl methyl sites for hydroxylation is 1. The number of fused-ring (bicyclic) bond motifs is 1. The van der Waals surface area contributed by atoms with E-state index in [1.54, 1.807) is 6.08 Å². The Bertz CT molecular complexity index is 1030. The van der Waals surface area contributed by atoms with Crippen molar-refractivity contribution in [2.75, 3.05) is 25.0 Å². The average molecular weight is 456 g/mol. The quantitative estimate of drug-likeness (QED) is 0.379. The summed E-state index contributed by atoms with van der Waals surface area (Å²) in [5.74, 6) is -0.332. The fourth-order valence-corrected chi connectivity index (χ4v) is 3.69. The summed E-state index contributed by atoms with van der Waals surface area (Å²) >= 11 is 3.44. The number of benzene rings is 1. The minimum absolute atomic E-state index is 0.165. The first kappa shape index (κ1) is 20.8. The molecule has 0 saturated carbocycles. The number of amides is 2. The number of hydrogen-bond acceptors (Lipinski definition) is 4. The molecule has 2 aromatic rings. The van der Waals surface area contributed by atoms with Crippen molar-refractivity contribution in [3.8, 4) is 6.07 Å². The second-order valence-electron chi connectivity index (χ2n) is 6.78. The number of hydrogen-bond donors (Lipinski definition) is 4. The summed E-state index contributed by atoms with van der Waals surface area (Å²) in [6.45, 7) is 5.37. The summed E-state index contributed by atoms with van der Waals surface area (Å²) in [6, 6.07) is 7.70. The van der Waals surface area contributed by atoms with Crippen molar-refractivity contribution < 1.29 is 9.59 Å². The summed E-state index contributed by atoms with van der Waals surface area (Å²) < 4.78 is 0.890. The summed E-state index contributed by atoms with van der Waals surface area (Å²) in [6.07, 6.45) is 2.23. The van der Waals surface area contributed by atoms with Gasteiger partial charge in [-0.1, -0.05) is 15.9 Å². The summed E-state index contributed by atoms with van der Waals surface area (Å²) in [5, 5.41) is 17.4. The van der Waals surface area contributed by atoms with E-state index in [-0.39, 0.29) is 11.8 Å². The van der Waals surface area contributed by atoms with E-state index in [0.29, 0.717) is 37.2 Å². The van der Waals surface area contributed by atoms with Gasteiger partial charge in [-0.15, -0.1) is 0 Å². The zero-order valence-electron chi connectivity index (χ0n) is 16.3. The lowest BCUT2D eigenvalue weighted by atomic mass is 10.0. The number of aromatic amines is 1. The van der Waals surface area contributed by atoms with E-state index < -0.39 is 0 Å². The van der Waals surface area contributed by atoms with Gasteiger partial charge in [0.2, 0.25) is 0 Å². The zero-order chi connectivity index (χ0) is 21.0. The number of carbonyl (C=O) groups excluding carboxylic acids is 2. The number of nitriles is 1. The van der Waals surface area contributed by atoms with Gasteiger partial charge in [0.05, 0.1) is 17.2 Å². The van der Waals surface area contributed by atoms with Crippen LogP contribution in [0.2, 0.25) is 0 Å². The average Bonchev–Trinajstić information content (AvgIpc) is 3.14. The number of carbonyl (C=O) groups is 2. The van der Waals surface area contributed by atoms with E-state index in [1.165, 1.54) is 0 Å². The number of anilines is 1. The van der Waals surface area contributed by atoms with Gasteiger partial charge in [0.25, 0.3) is 11.8 Å². The molecule has 4 N–H and O–H groups in total. The highest BCUT2D eigenvalue weighted by atomic mass is 79.9. The number of H-pyrrole nitrogens is 1. The molecule has 2 amide bonds. The number of aromatic nitrogens is 1. The molecule has 7 nitrogen and oxygen atoms in total. The molecule has 0 unspecified atom stereocenters. The van der Waals surface area contributed by atoms with E-state index in [0.717, 1.165) is 32.7 Å². The first-order valence-electron chi connectivity index (χ1n) is 9.30. The largest absolute Gasteiger partial charge is 0.358 e. The number of halogens is 1. The molecule has 2 heterocycles. The lowest BCUT2D eigenvalue weighted by molar-refractivity contribution is -0.110. The van der Waals surface area contributed by atoms with Crippen LogP contribution in [-0.2, 0) is 4.79 Å². The van der Waals surface area contributed by atoms with E-state index >= 15 is 0 Å². The molecule has 0 aliphatic carbocycles. The molecular formula is C21H22BrN5O2. The van der Waals surface area contributed by atoms with E-state index in [2.05, 4.69) is 42.9 Å². The molecule has 3 rings (SSSR count). The van der Waals surface area contributed by atoms with Crippen LogP contribution < -0.4 is 16.0 Å². The smallest absolute Gasteiger partial charge is 0.256 e. The van der Waals surface area contributed by atoms with Gasteiger partial charge in [-0.3, -0.25) is 9.59 Å². The fourth-order valence-electron chi connectivity index (χ4n) is 3.33. The molecule has 0 saturated heterocycles. The van der Waals surface area contributed by atoms with Crippen molar-refractivity contribution in [1.82, 2.24) is 15.6 Å². The number of nitrogens with one attached hydrogen (secondary N) is 4. The monoisotopic (exact) mass is 455 g/mol. The third kappa shape index (κ3) is 4.58. The Labute approximate surface area is 177 Å². The van der Waals surface area contributed by atoms with Crippen molar-refractivity contribution in [2.24, 2.45) is 0 Å². The first-order valence-corrected chi connectivity index (χ1v) is 10.1. The topological polar surface area (TPSA) is 110 Å². The highest BCUT2D eigenvalue weighted by Gasteiger charge is 2.25. The van der Waals surface area contributed by atoms with Gasteiger partial charge in [0.15, 0.2) is 0 Å². The Kier molecular flexibility index (Phi) is 6.52. The van der Waals surface area contributed by atoms with Crippen LogP contribution in [-0.4, -0.2) is 36.4 Å². The molecule has 29 heavy (non-hydrogen) atoms. The van der Waals surface area contributed by atoms with Gasteiger partial charge in [0.1, 0.15) is 0 Å². The summed E-state index contributed by atoms with van der Waals surface area (Å²) in [4.78, 5) is 28.3. The third-order valence-corrected chi connectivity index (χ3v) is 5.25. The molecule has 1 aliphatic heterocycles. The van der Waals surface area contributed by atoms with Gasteiger partial charge in [-0.05, 0) is 43.7 Å². The van der Waals surface area contributed by atoms with Crippen molar-refractivity contribution in [2.45, 2.75) is 20.3 Å². The second kappa shape index (κ2) is 9.07. The highest BCUT2D eigenvalue weighted by Crippen LogP contribution is 2.35. The molecule has 0 atom stereocenters. The van der Waals surface area contributed by atoms with Crippen molar-refractivity contribution >= 4 is 45.1 Å². The fraction of sp³-hybridized carbons (Fsp3) is 0.286. The van der Waals surface area contributed by atoms with Crippen LogP contribution in [0.4, 0.5) is 5.69 Å². The summed E-state index contributed by atoms with van der Waals surface area (Å²) in [7, 11) is 0. The van der Waals surface area contributed by atoms with Crippen molar-refractivity contribution in [1.29, 1.82) is 5.26 Å². The first-order chi connectivity index (χ1) is 13.9. The Morgan fingerprint density at radius 3 is 2.83 bits per heavy atom. The predicted molar refractivity (Wildman–Crippen MR) is 116 cm³/mol. The lowest BCUT2D eigenvalue weighted by Gasteiger charge is -2.06. The minimum atomic E-state index is -0.167. The van der Waals surface area contributed by atoms with Gasteiger partial charge >= 0.3 is 0 Å².